The highest BCUT2D eigenvalue weighted by molar-refractivity contribution is 5.85. The van der Waals surface area contributed by atoms with Crippen molar-refractivity contribution >= 4 is 10.8 Å². The topological polar surface area (TPSA) is 42.2 Å². The molecule has 3 nitrogen and oxygen atoms in total. The Morgan fingerprint density at radius 2 is 1.73 bits per heavy atom. The van der Waals surface area contributed by atoms with Crippen LogP contribution in [-0.2, 0) is 6.61 Å². The molecule has 3 rings (SSSR count). The first-order valence-corrected chi connectivity index (χ1v) is 7.00. The van der Waals surface area contributed by atoms with Crippen LogP contribution >= 0.6 is 0 Å². The third kappa shape index (κ3) is 2.59. The molecule has 0 saturated heterocycles. The van der Waals surface area contributed by atoms with E-state index in [0.29, 0.717) is 23.7 Å². The summed E-state index contributed by atoms with van der Waals surface area (Å²) in [7, 11) is 1.57. The summed E-state index contributed by atoms with van der Waals surface area (Å²) in [6, 6.07) is 21.7. The van der Waals surface area contributed by atoms with Gasteiger partial charge in [0.25, 0.3) is 0 Å². The van der Waals surface area contributed by atoms with Gasteiger partial charge in [-0.25, -0.2) is 0 Å². The Labute approximate surface area is 129 Å². The smallest absolute Gasteiger partial charge is 0.179 e. The van der Waals surface area contributed by atoms with E-state index in [-0.39, 0.29) is 0 Å². The number of para-hydroxylation sites is 1. The van der Waals surface area contributed by atoms with E-state index in [9.17, 15) is 5.26 Å². The molecular formula is C19H15NO2. The van der Waals surface area contributed by atoms with E-state index in [1.807, 2.05) is 24.3 Å². The summed E-state index contributed by atoms with van der Waals surface area (Å²) < 4.78 is 11.2. The maximum absolute atomic E-state index is 9.22. The summed E-state index contributed by atoms with van der Waals surface area (Å²) in [4.78, 5) is 0. The lowest BCUT2D eigenvalue weighted by molar-refractivity contribution is 0.285. The van der Waals surface area contributed by atoms with Crippen molar-refractivity contribution in [2.24, 2.45) is 0 Å². The largest absolute Gasteiger partial charge is 0.493 e. The lowest BCUT2D eigenvalue weighted by Crippen LogP contribution is -2.00. The molecule has 3 heteroatoms. The molecule has 0 N–H and O–H groups in total. The lowest BCUT2D eigenvalue weighted by Gasteiger charge is -2.13. The van der Waals surface area contributed by atoms with Gasteiger partial charge in [-0.15, -0.1) is 0 Å². The van der Waals surface area contributed by atoms with Crippen LogP contribution in [0.3, 0.4) is 0 Å². The molecule has 0 heterocycles. The minimum atomic E-state index is 0.385. The minimum Gasteiger partial charge on any atom is -0.493 e. The predicted octanol–water partition coefficient (Wildman–Crippen LogP) is 4.30. The second-order valence-corrected chi connectivity index (χ2v) is 4.88. The standard InChI is InChI=1S/C19H15NO2/c1-21-18-11-5-8-15(12-20)19(18)22-13-16-9-4-7-14-6-2-3-10-17(14)16/h2-11H,13H2,1H3. The van der Waals surface area contributed by atoms with E-state index >= 15 is 0 Å². The average Bonchev–Trinajstić information content (AvgIpc) is 2.59. The summed E-state index contributed by atoms with van der Waals surface area (Å²) in [5, 5.41) is 11.5. The van der Waals surface area contributed by atoms with Gasteiger partial charge in [0.15, 0.2) is 11.5 Å². The van der Waals surface area contributed by atoms with Gasteiger partial charge in [-0.2, -0.15) is 5.26 Å². The van der Waals surface area contributed by atoms with Gasteiger partial charge in [0.05, 0.1) is 12.7 Å². The van der Waals surface area contributed by atoms with E-state index < -0.39 is 0 Å². The summed E-state index contributed by atoms with van der Waals surface area (Å²) >= 11 is 0. The highest BCUT2D eigenvalue weighted by Crippen LogP contribution is 2.31. The van der Waals surface area contributed by atoms with Gasteiger partial charge < -0.3 is 9.47 Å². The monoisotopic (exact) mass is 289 g/mol. The number of methoxy groups -OCH3 is 1. The zero-order valence-corrected chi connectivity index (χ0v) is 12.2. The van der Waals surface area contributed by atoms with Gasteiger partial charge in [-0.05, 0) is 28.5 Å². The van der Waals surface area contributed by atoms with E-state index in [4.69, 9.17) is 9.47 Å². The molecule has 108 valence electrons. The molecule has 0 aliphatic heterocycles. The number of rotatable bonds is 4. The van der Waals surface area contributed by atoms with Crippen molar-refractivity contribution in [1.82, 2.24) is 0 Å². The summed E-state index contributed by atoms with van der Waals surface area (Å²) in [6.45, 7) is 0.385. The highest BCUT2D eigenvalue weighted by atomic mass is 16.5. The molecule has 0 amide bonds. The molecule has 0 aliphatic rings. The SMILES string of the molecule is COc1cccc(C#N)c1OCc1cccc2ccccc12. The molecule has 0 fully saturated rings. The van der Waals surface area contributed by atoms with Crippen molar-refractivity contribution in [3.8, 4) is 17.6 Å². The zero-order chi connectivity index (χ0) is 15.4. The van der Waals surface area contributed by atoms with Gasteiger partial charge >= 0.3 is 0 Å². The lowest BCUT2D eigenvalue weighted by atomic mass is 10.1. The van der Waals surface area contributed by atoms with Crippen molar-refractivity contribution in [2.45, 2.75) is 6.61 Å². The molecular weight excluding hydrogens is 274 g/mol. The minimum absolute atomic E-state index is 0.385. The Hall–Kier alpha value is -2.99. The normalized spacial score (nSPS) is 10.2. The maximum atomic E-state index is 9.22. The Morgan fingerprint density at radius 1 is 0.955 bits per heavy atom. The highest BCUT2D eigenvalue weighted by Gasteiger charge is 2.11. The number of nitrogens with zero attached hydrogens (tertiary/aromatic N) is 1. The maximum Gasteiger partial charge on any atom is 0.179 e. The van der Waals surface area contributed by atoms with Crippen LogP contribution in [-0.4, -0.2) is 7.11 Å². The Bertz CT molecular complexity index is 844. The molecule has 0 aliphatic carbocycles. The average molecular weight is 289 g/mol. The van der Waals surface area contributed by atoms with E-state index in [0.717, 1.165) is 10.9 Å². The third-order valence-electron chi connectivity index (χ3n) is 3.57. The van der Waals surface area contributed by atoms with Gasteiger partial charge in [0, 0.05) is 0 Å². The third-order valence-corrected chi connectivity index (χ3v) is 3.57. The van der Waals surface area contributed by atoms with Crippen LogP contribution in [0, 0.1) is 11.3 Å². The van der Waals surface area contributed by atoms with Crippen LogP contribution in [0.25, 0.3) is 10.8 Å². The molecule has 0 atom stereocenters. The van der Waals surface area contributed by atoms with Gasteiger partial charge in [-0.3, -0.25) is 0 Å². The molecule has 0 bridgehead atoms. The van der Waals surface area contributed by atoms with Crippen molar-refractivity contribution < 1.29 is 9.47 Å². The Balaban J connectivity index is 1.94. The molecule has 22 heavy (non-hydrogen) atoms. The second kappa shape index (κ2) is 6.19. The summed E-state index contributed by atoms with van der Waals surface area (Å²) in [5.41, 5.74) is 1.55. The first kappa shape index (κ1) is 14.0. The van der Waals surface area contributed by atoms with Gasteiger partial charge in [0.1, 0.15) is 12.7 Å². The Kier molecular flexibility index (Phi) is 3.93. The van der Waals surface area contributed by atoms with Crippen LogP contribution in [0.2, 0.25) is 0 Å². The van der Waals surface area contributed by atoms with Crippen LogP contribution in [0.5, 0.6) is 11.5 Å². The fourth-order valence-electron chi connectivity index (χ4n) is 2.48. The second-order valence-electron chi connectivity index (χ2n) is 4.88. The Morgan fingerprint density at radius 3 is 2.55 bits per heavy atom. The van der Waals surface area contributed by atoms with Gasteiger partial charge in [0.2, 0.25) is 0 Å². The van der Waals surface area contributed by atoms with E-state index in [1.165, 1.54) is 5.39 Å². The van der Waals surface area contributed by atoms with Crippen molar-refractivity contribution in [1.29, 1.82) is 5.26 Å². The number of benzene rings is 3. The number of fused-ring (bicyclic) bond motifs is 1. The van der Waals surface area contributed by atoms with Gasteiger partial charge in [-0.1, -0.05) is 48.5 Å². The molecule has 3 aromatic carbocycles. The molecule has 0 spiro atoms. The molecule has 0 saturated carbocycles. The van der Waals surface area contributed by atoms with Crippen LogP contribution in [0.15, 0.2) is 60.7 Å². The molecule has 0 radical (unpaired) electrons. The van der Waals surface area contributed by atoms with Crippen LogP contribution < -0.4 is 9.47 Å². The molecule has 0 unspecified atom stereocenters. The summed E-state index contributed by atoms with van der Waals surface area (Å²) in [6.07, 6.45) is 0. The van der Waals surface area contributed by atoms with Crippen molar-refractivity contribution in [3.05, 3.63) is 71.8 Å². The van der Waals surface area contributed by atoms with E-state index in [2.05, 4.69) is 24.3 Å². The zero-order valence-electron chi connectivity index (χ0n) is 12.2. The number of hydrogen-bond acceptors (Lipinski definition) is 3. The first-order chi connectivity index (χ1) is 10.8. The fraction of sp³-hybridized carbons (Fsp3) is 0.105. The van der Waals surface area contributed by atoms with Crippen molar-refractivity contribution in [3.63, 3.8) is 0 Å². The quantitative estimate of drug-likeness (QED) is 0.719. The van der Waals surface area contributed by atoms with Crippen molar-refractivity contribution in [2.75, 3.05) is 7.11 Å². The summed E-state index contributed by atoms with van der Waals surface area (Å²) in [5.74, 6) is 1.06. The number of hydrogen-bond donors (Lipinski definition) is 0. The predicted molar refractivity (Wildman–Crippen MR) is 86.0 cm³/mol. The van der Waals surface area contributed by atoms with E-state index in [1.54, 1.807) is 25.3 Å². The molecule has 0 aromatic heterocycles. The van der Waals surface area contributed by atoms with Crippen LogP contribution in [0.1, 0.15) is 11.1 Å². The number of nitriles is 1. The number of ether oxygens (including phenoxy) is 2. The first-order valence-electron chi connectivity index (χ1n) is 7.00. The fourth-order valence-corrected chi connectivity index (χ4v) is 2.48. The molecule has 3 aromatic rings. The van der Waals surface area contributed by atoms with Crippen LogP contribution in [0.4, 0.5) is 0 Å².